The molecule has 1 aliphatic rings. The van der Waals surface area contributed by atoms with Gasteiger partial charge in [0.1, 0.15) is 6.10 Å². The lowest BCUT2D eigenvalue weighted by atomic mass is 10.2. The summed E-state index contributed by atoms with van der Waals surface area (Å²) in [5, 5.41) is 10.1. The molecule has 2 atom stereocenters. The van der Waals surface area contributed by atoms with Crippen molar-refractivity contribution in [1.29, 1.82) is 0 Å². The van der Waals surface area contributed by atoms with E-state index in [2.05, 4.69) is 20.2 Å². The van der Waals surface area contributed by atoms with E-state index in [9.17, 15) is 13.2 Å². The Balaban J connectivity index is 1.92. The van der Waals surface area contributed by atoms with Crippen LogP contribution in [0.3, 0.4) is 0 Å². The van der Waals surface area contributed by atoms with Crippen molar-refractivity contribution in [3.05, 3.63) is 0 Å². The van der Waals surface area contributed by atoms with E-state index in [1.54, 1.807) is 0 Å². The highest BCUT2D eigenvalue weighted by atomic mass is 32.2. The second-order valence-corrected chi connectivity index (χ2v) is 7.06. The van der Waals surface area contributed by atoms with Gasteiger partial charge >= 0.3 is 0 Å². The molecule has 2 heterocycles. The SMILES string of the molecule is CS(=O)(=O)Nc1nnc(NC(=O)[C@@H]2CC[C@H](CN)O2)s1. The van der Waals surface area contributed by atoms with Gasteiger partial charge in [-0.2, -0.15) is 0 Å². The zero-order valence-corrected chi connectivity index (χ0v) is 12.3. The van der Waals surface area contributed by atoms with Gasteiger partial charge in [-0.3, -0.25) is 14.8 Å². The van der Waals surface area contributed by atoms with Crippen molar-refractivity contribution < 1.29 is 17.9 Å². The summed E-state index contributed by atoms with van der Waals surface area (Å²) in [6.07, 6.45) is 1.69. The van der Waals surface area contributed by atoms with Crippen LogP contribution >= 0.6 is 11.3 Å². The van der Waals surface area contributed by atoms with Gasteiger partial charge in [-0.15, -0.1) is 10.2 Å². The van der Waals surface area contributed by atoms with Crippen LogP contribution in [0.5, 0.6) is 0 Å². The minimum absolute atomic E-state index is 0.0926. The van der Waals surface area contributed by atoms with Crippen molar-refractivity contribution in [3.8, 4) is 0 Å². The van der Waals surface area contributed by atoms with E-state index in [0.717, 1.165) is 24.0 Å². The molecular formula is C9H15N5O4S2. The first-order valence-corrected chi connectivity index (χ1v) is 8.56. The van der Waals surface area contributed by atoms with Crippen LogP contribution in [0.4, 0.5) is 10.3 Å². The first kappa shape index (κ1) is 15.1. The standard InChI is InChI=1S/C9H15N5O4S2/c1-20(16,17)14-9-13-12-8(19-9)11-7(15)6-3-2-5(4-10)18-6/h5-6H,2-4,10H2,1H3,(H,13,14)(H,11,12,15)/t5-,6+/m1/s1. The second-order valence-electron chi connectivity index (χ2n) is 4.34. The molecule has 0 unspecified atom stereocenters. The number of amides is 1. The summed E-state index contributed by atoms with van der Waals surface area (Å²) in [4.78, 5) is 11.9. The van der Waals surface area contributed by atoms with Gasteiger partial charge in [0.25, 0.3) is 5.91 Å². The first-order chi connectivity index (χ1) is 9.37. The van der Waals surface area contributed by atoms with Crippen molar-refractivity contribution in [2.24, 2.45) is 5.73 Å². The maximum absolute atomic E-state index is 11.9. The number of anilines is 2. The van der Waals surface area contributed by atoms with E-state index in [0.29, 0.717) is 13.0 Å². The third-order valence-corrected chi connectivity index (χ3v) is 4.04. The number of aromatic nitrogens is 2. The monoisotopic (exact) mass is 321 g/mol. The molecule has 20 heavy (non-hydrogen) atoms. The number of hydrogen-bond acceptors (Lipinski definition) is 8. The minimum atomic E-state index is -3.41. The van der Waals surface area contributed by atoms with Gasteiger partial charge in [0.2, 0.25) is 20.3 Å². The average molecular weight is 321 g/mol. The maximum Gasteiger partial charge on any atom is 0.255 e. The van der Waals surface area contributed by atoms with Gasteiger partial charge < -0.3 is 10.5 Å². The normalized spacial score (nSPS) is 22.7. The van der Waals surface area contributed by atoms with Crippen molar-refractivity contribution in [2.45, 2.75) is 25.0 Å². The average Bonchev–Trinajstić information content (AvgIpc) is 2.96. The molecular weight excluding hydrogens is 306 g/mol. The van der Waals surface area contributed by atoms with Gasteiger partial charge in [-0.1, -0.05) is 11.3 Å². The molecule has 0 radical (unpaired) electrons. The fraction of sp³-hybridized carbons (Fsp3) is 0.667. The van der Waals surface area contributed by atoms with Gasteiger partial charge in [0, 0.05) is 6.54 Å². The Hall–Kier alpha value is -1.30. The largest absolute Gasteiger partial charge is 0.364 e. The Morgan fingerprint density at radius 1 is 1.45 bits per heavy atom. The Morgan fingerprint density at radius 3 is 2.75 bits per heavy atom. The molecule has 1 aromatic rings. The molecule has 1 fully saturated rings. The van der Waals surface area contributed by atoms with E-state index >= 15 is 0 Å². The van der Waals surface area contributed by atoms with E-state index < -0.39 is 16.1 Å². The highest BCUT2D eigenvalue weighted by Crippen LogP contribution is 2.23. The van der Waals surface area contributed by atoms with Gasteiger partial charge in [-0.25, -0.2) is 8.42 Å². The van der Waals surface area contributed by atoms with E-state index in [4.69, 9.17) is 10.5 Å². The third-order valence-electron chi connectivity index (χ3n) is 2.59. The quantitative estimate of drug-likeness (QED) is 0.655. The van der Waals surface area contributed by atoms with Crippen molar-refractivity contribution in [2.75, 3.05) is 22.8 Å². The lowest BCUT2D eigenvalue weighted by Gasteiger charge is -2.10. The van der Waals surface area contributed by atoms with Gasteiger partial charge in [0.15, 0.2) is 0 Å². The Labute approximate surface area is 120 Å². The molecule has 0 aromatic carbocycles. The Morgan fingerprint density at radius 2 is 2.15 bits per heavy atom. The number of ether oxygens (including phenoxy) is 1. The van der Waals surface area contributed by atoms with Crippen LogP contribution < -0.4 is 15.8 Å². The van der Waals surface area contributed by atoms with Crippen molar-refractivity contribution in [3.63, 3.8) is 0 Å². The van der Waals surface area contributed by atoms with Gasteiger partial charge in [0.05, 0.1) is 12.4 Å². The summed E-state index contributed by atoms with van der Waals surface area (Å²) in [5.74, 6) is -0.331. The predicted octanol–water partition coefficient (Wildman–Crippen LogP) is -0.646. The second kappa shape index (κ2) is 5.99. The summed E-state index contributed by atoms with van der Waals surface area (Å²) in [5.41, 5.74) is 5.47. The number of sulfonamides is 1. The highest BCUT2D eigenvalue weighted by molar-refractivity contribution is 7.92. The molecule has 1 amide bonds. The third kappa shape index (κ3) is 4.10. The lowest BCUT2D eigenvalue weighted by molar-refractivity contribution is -0.126. The fourth-order valence-electron chi connectivity index (χ4n) is 1.73. The molecule has 4 N–H and O–H groups in total. The summed E-state index contributed by atoms with van der Waals surface area (Å²) in [6.45, 7) is 0.380. The van der Waals surface area contributed by atoms with Crippen LogP contribution in [0, 0.1) is 0 Å². The van der Waals surface area contributed by atoms with E-state index in [1.165, 1.54) is 0 Å². The number of nitrogens with zero attached hydrogens (tertiary/aromatic N) is 2. The van der Waals surface area contributed by atoms with Crippen LogP contribution in [-0.4, -0.2) is 49.5 Å². The van der Waals surface area contributed by atoms with E-state index in [1.807, 2.05) is 0 Å². The van der Waals surface area contributed by atoms with Crippen LogP contribution in [0.1, 0.15) is 12.8 Å². The summed E-state index contributed by atoms with van der Waals surface area (Å²) in [7, 11) is -3.41. The molecule has 9 nitrogen and oxygen atoms in total. The summed E-state index contributed by atoms with van der Waals surface area (Å²) >= 11 is 0.929. The summed E-state index contributed by atoms with van der Waals surface area (Å²) in [6, 6.07) is 0. The predicted molar refractivity (Wildman–Crippen MR) is 74.0 cm³/mol. The minimum Gasteiger partial charge on any atom is -0.364 e. The fourth-order valence-corrected chi connectivity index (χ4v) is 3.21. The van der Waals surface area contributed by atoms with Crippen LogP contribution in [0.2, 0.25) is 0 Å². The molecule has 0 bridgehead atoms. The molecule has 1 aliphatic heterocycles. The lowest BCUT2D eigenvalue weighted by Crippen LogP contribution is -2.29. The van der Waals surface area contributed by atoms with Crippen LogP contribution in [0.15, 0.2) is 0 Å². The molecule has 112 valence electrons. The number of carbonyl (C=O) groups is 1. The van der Waals surface area contributed by atoms with Gasteiger partial charge in [-0.05, 0) is 12.8 Å². The molecule has 0 saturated carbocycles. The Kier molecular flexibility index (Phi) is 4.52. The maximum atomic E-state index is 11.9. The first-order valence-electron chi connectivity index (χ1n) is 5.85. The van der Waals surface area contributed by atoms with Crippen molar-refractivity contribution in [1.82, 2.24) is 10.2 Å². The van der Waals surface area contributed by atoms with Crippen LogP contribution in [0.25, 0.3) is 0 Å². The Bertz CT molecular complexity index is 587. The number of nitrogens with one attached hydrogen (secondary N) is 2. The zero-order valence-electron chi connectivity index (χ0n) is 10.7. The number of nitrogens with two attached hydrogens (primary N) is 1. The molecule has 1 saturated heterocycles. The number of carbonyl (C=O) groups excluding carboxylic acids is 1. The highest BCUT2D eigenvalue weighted by Gasteiger charge is 2.30. The number of hydrogen-bond donors (Lipinski definition) is 3. The molecule has 1 aromatic heterocycles. The van der Waals surface area contributed by atoms with Crippen LogP contribution in [-0.2, 0) is 19.6 Å². The topological polar surface area (TPSA) is 136 Å². The zero-order chi connectivity index (χ0) is 14.8. The molecule has 11 heteroatoms. The molecule has 2 rings (SSSR count). The smallest absolute Gasteiger partial charge is 0.255 e. The summed E-state index contributed by atoms with van der Waals surface area (Å²) < 4.78 is 29.7. The van der Waals surface area contributed by atoms with E-state index in [-0.39, 0.29) is 22.3 Å². The molecule has 0 aliphatic carbocycles. The number of rotatable bonds is 5. The van der Waals surface area contributed by atoms with Crippen molar-refractivity contribution >= 4 is 37.5 Å². The molecule has 0 spiro atoms.